The van der Waals surface area contributed by atoms with E-state index in [1.165, 1.54) is 12.8 Å². The number of hydrogen-bond acceptors (Lipinski definition) is 4. The van der Waals surface area contributed by atoms with E-state index in [9.17, 15) is 4.79 Å². The van der Waals surface area contributed by atoms with Crippen LogP contribution in [0.15, 0.2) is 24.4 Å². The van der Waals surface area contributed by atoms with Gasteiger partial charge in [0.15, 0.2) is 0 Å². The molecule has 2 saturated heterocycles. The van der Waals surface area contributed by atoms with Crippen LogP contribution in [0.2, 0.25) is 0 Å². The van der Waals surface area contributed by atoms with Crippen LogP contribution in [0.3, 0.4) is 0 Å². The lowest BCUT2D eigenvalue weighted by atomic mass is 9.76. The molecular formula is C19H27N3O2. The van der Waals surface area contributed by atoms with E-state index in [0.717, 1.165) is 57.6 Å². The topological polar surface area (TPSA) is 45.7 Å². The fourth-order valence-electron chi connectivity index (χ4n) is 4.80. The van der Waals surface area contributed by atoms with Crippen molar-refractivity contribution in [2.75, 3.05) is 26.2 Å². The summed E-state index contributed by atoms with van der Waals surface area (Å²) in [6.07, 6.45) is 8.49. The highest BCUT2D eigenvalue weighted by atomic mass is 16.7. The SMILES string of the molecule is O=C([C@@H]1CCC[C@@]12CCN(Cc1ccccn1)C2)N1CCCCO1. The molecule has 0 bridgehead atoms. The minimum atomic E-state index is 0.143. The number of rotatable bonds is 3. The zero-order valence-corrected chi connectivity index (χ0v) is 14.3. The van der Waals surface area contributed by atoms with E-state index < -0.39 is 0 Å². The molecule has 0 aromatic carbocycles. The maximum atomic E-state index is 13.0. The van der Waals surface area contributed by atoms with Crippen molar-refractivity contribution in [1.82, 2.24) is 14.9 Å². The Morgan fingerprint density at radius 2 is 2.21 bits per heavy atom. The summed E-state index contributed by atoms with van der Waals surface area (Å²) in [6.45, 7) is 4.44. The van der Waals surface area contributed by atoms with Gasteiger partial charge in [0.1, 0.15) is 0 Å². The number of pyridine rings is 1. The molecule has 1 aromatic rings. The zero-order valence-electron chi connectivity index (χ0n) is 14.3. The van der Waals surface area contributed by atoms with Crippen molar-refractivity contribution in [1.29, 1.82) is 0 Å². The van der Waals surface area contributed by atoms with E-state index in [2.05, 4.69) is 16.0 Å². The number of amides is 1. The molecule has 3 heterocycles. The first-order valence-corrected chi connectivity index (χ1v) is 9.33. The Bertz CT molecular complexity index is 573. The Labute approximate surface area is 143 Å². The average Bonchev–Trinajstić information content (AvgIpc) is 3.23. The molecule has 4 rings (SSSR count). The lowest BCUT2D eigenvalue weighted by Crippen LogP contribution is -2.45. The zero-order chi connectivity index (χ0) is 16.4. The molecule has 1 aliphatic carbocycles. The first kappa shape index (κ1) is 16.0. The molecule has 5 heteroatoms. The third-order valence-corrected chi connectivity index (χ3v) is 6.03. The van der Waals surface area contributed by atoms with Gasteiger partial charge in [0, 0.05) is 31.7 Å². The van der Waals surface area contributed by atoms with E-state index in [1.54, 1.807) is 5.06 Å². The molecule has 24 heavy (non-hydrogen) atoms. The summed E-state index contributed by atoms with van der Waals surface area (Å²) < 4.78 is 0. The summed E-state index contributed by atoms with van der Waals surface area (Å²) in [5, 5.41) is 1.67. The van der Waals surface area contributed by atoms with Crippen molar-refractivity contribution in [3.05, 3.63) is 30.1 Å². The second-order valence-corrected chi connectivity index (χ2v) is 7.57. The van der Waals surface area contributed by atoms with Crippen molar-refractivity contribution in [2.24, 2.45) is 11.3 Å². The third kappa shape index (κ3) is 3.07. The van der Waals surface area contributed by atoms with Gasteiger partial charge >= 0.3 is 0 Å². The summed E-state index contributed by atoms with van der Waals surface area (Å²) in [6, 6.07) is 6.09. The quantitative estimate of drug-likeness (QED) is 0.855. The smallest absolute Gasteiger partial charge is 0.249 e. The molecule has 3 fully saturated rings. The van der Waals surface area contributed by atoms with Crippen LogP contribution in [0.25, 0.3) is 0 Å². The monoisotopic (exact) mass is 329 g/mol. The van der Waals surface area contributed by atoms with Crippen LogP contribution < -0.4 is 0 Å². The van der Waals surface area contributed by atoms with Gasteiger partial charge in [-0.25, -0.2) is 5.06 Å². The van der Waals surface area contributed by atoms with Crippen LogP contribution in [-0.2, 0) is 16.2 Å². The van der Waals surface area contributed by atoms with Crippen LogP contribution in [0, 0.1) is 11.3 Å². The van der Waals surface area contributed by atoms with Crippen LogP contribution in [-0.4, -0.2) is 47.1 Å². The molecule has 1 aromatic heterocycles. The molecule has 0 unspecified atom stereocenters. The Kier molecular flexibility index (Phi) is 4.55. The van der Waals surface area contributed by atoms with E-state index in [1.807, 2.05) is 18.3 Å². The maximum Gasteiger partial charge on any atom is 0.249 e. The highest BCUT2D eigenvalue weighted by molar-refractivity contribution is 5.79. The van der Waals surface area contributed by atoms with Gasteiger partial charge in [0.25, 0.3) is 0 Å². The summed E-state index contributed by atoms with van der Waals surface area (Å²) in [5.74, 6) is 0.385. The number of likely N-dealkylation sites (tertiary alicyclic amines) is 1. The Hall–Kier alpha value is -1.46. The largest absolute Gasteiger partial charge is 0.297 e. The van der Waals surface area contributed by atoms with Gasteiger partial charge in [-0.05, 0) is 56.2 Å². The van der Waals surface area contributed by atoms with Crippen LogP contribution >= 0.6 is 0 Å². The van der Waals surface area contributed by atoms with Crippen molar-refractivity contribution in [3.8, 4) is 0 Å². The molecule has 5 nitrogen and oxygen atoms in total. The number of carbonyl (C=O) groups excluding carboxylic acids is 1. The fraction of sp³-hybridized carbons (Fsp3) is 0.684. The number of hydroxylamine groups is 2. The van der Waals surface area contributed by atoms with Crippen molar-refractivity contribution >= 4 is 5.91 Å². The Morgan fingerprint density at radius 1 is 1.25 bits per heavy atom. The third-order valence-electron chi connectivity index (χ3n) is 6.03. The molecule has 130 valence electrons. The molecule has 3 aliphatic rings. The molecule has 0 radical (unpaired) electrons. The van der Waals surface area contributed by atoms with Crippen molar-refractivity contribution in [3.63, 3.8) is 0 Å². The van der Waals surface area contributed by atoms with E-state index in [4.69, 9.17) is 4.84 Å². The first-order chi connectivity index (χ1) is 11.8. The maximum absolute atomic E-state index is 13.0. The second-order valence-electron chi connectivity index (χ2n) is 7.57. The summed E-state index contributed by atoms with van der Waals surface area (Å²) >= 11 is 0. The summed E-state index contributed by atoms with van der Waals surface area (Å²) in [4.78, 5) is 25.6. The lowest BCUT2D eigenvalue weighted by molar-refractivity contribution is -0.204. The van der Waals surface area contributed by atoms with Crippen LogP contribution in [0.4, 0.5) is 0 Å². The molecular weight excluding hydrogens is 302 g/mol. The van der Waals surface area contributed by atoms with Gasteiger partial charge in [0.2, 0.25) is 5.91 Å². The minimum Gasteiger partial charge on any atom is -0.297 e. The molecule has 2 atom stereocenters. The Morgan fingerprint density at radius 3 is 3.00 bits per heavy atom. The van der Waals surface area contributed by atoms with Gasteiger partial charge in [-0.1, -0.05) is 12.5 Å². The highest BCUT2D eigenvalue weighted by Gasteiger charge is 2.51. The number of aromatic nitrogens is 1. The highest BCUT2D eigenvalue weighted by Crippen LogP contribution is 2.50. The average molecular weight is 329 g/mol. The Balaban J connectivity index is 1.43. The minimum absolute atomic E-state index is 0.143. The number of nitrogens with zero attached hydrogens (tertiary/aromatic N) is 3. The van der Waals surface area contributed by atoms with Crippen LogP contribution in [0.5, 0.6) is 0 Å². The van der Waals surface area contributed by atoms with Gasteiger partial charge in [-0.3, -0.25) is 19.5 Å². The molecule has 1 amide bonds. The van der Waals surface area contributed by atoms with Crippen molar-refractivity contribution in [2.45, 2.75) is 45.1 Å². The molecule has 0 N–H and O–H groups in total. The van der Waals surface area contributed by atoms with Gasteiger partial charge < -0.3 is 0 Å². The first-order valence-electron chi connectivity index (χ1n) is 9.33. The molecule has 1 spiro atoms. The summed E-state index contributed by atoms with van der Waals surface area (Å²) in [5.41, 5.74) is 1.28. The second kappa shape index (κ2) is 6.81. The van der Waals surface area contributed by atoms with E-state index >= 15 is 0 Å². The van der Waals surface area contributed by atoms with E-state index in [0.29, 0.717) is 6.61 Å². The fourth-order valence-corrected chi connectivity index (χ4v) is 4.80. The van der Waals surface area contributed by atoms with Crippen LogP contribution in [0.1, 0.15) is 44.2 Å². The van der Waals surface area contributed by atoms with Gasteiger partial charge in [-0.2, -0.15) is 0 Å². The molecule has 2 aliphatic heterocycles. The normalized spacial score (nSPS) is 31.0. The van der Waals surface area contributed by atoms with Crippen molar-refractivity contribution < 1.29 is 9.63 Å². The van der Waals surface area contributed by atoms with E-state index in [-0.39, 0.29) is 17.2 Å². The standard InChI is InChI=1S/C19H27N3O2/c23-18(22-11-3-4-13-24-22)17-7-5-8-19(17)9-12-21(15-19)14-16-6-1-2-10-20-16/h1-2,6,10,17H,3-5,7-9,11-15H2/t17-,19-/m0/s1. The molecule has 1 saturated carbocycles. The number of hydrogen-bond donors (Lipinski definition) is 0. The van der Waals surface area contributed by atoms with Gasteiger partial charge in [-0.15, -0.1) is 0 Å². The predicted octanol–water partition coefficient (Wildman–Crippen LogP) is 2.63. The predicted molar refractivity (Wildman–Crippen MR) is 90.8 cm³/mol. The number of carbonyl (C=O) groups is 1. The lowest BCUT2D eigenvalue weighted by Gasteiger charge is -2.35. The summed E-state index contributed by atoms with van der Waals surface area (Å²) in [7, 11) is 0. The van der Waals surface area contributed by atoms with Gasteiger partial charge in [0.05, 0.1) is 12.3 Å².